The van der Waals surface area contributed by atoms with Crippen molar-refractivity contribution in [3.63, 3.8) is 0 Å². The maximum atomic E-state index is 12.7. The van der Waals surface area contributed by atoms with Crippen molar-refractivity contribution in [1.82, 2.24) is 4.90 Å². The van der Waals surface area contributed by atoms with Crippen LogP contribution in [0.1, 0.15) is 49.4 Å². The van der Waals surface area contributed by atoms with Crippen LogP contribution >= 0.6 is 11.8 Å². The van der Waals surface area contributed by atoms with Gasteiger partial charge in [-0.25, -0.2) is 4.79 Å². The monoisotopic (exact) mass is 360 g/mol. The second-order valence-corrected chi connectivity index (χ2v) is 7.26. The molecule has 0 saturated heterocycles. The van der Waals surface area contributed by atoms with Crippen LogP contribution in [0.25, 0.3) is 0 Å². The van der Waals surface area contributed by atoms with Crippen molar-refractivity contribution in [2.45, 2.75) is 55.6 Å². The van der Waals surface area contributed by atoms with E-state index in [0.29, 0.717) is 18.4 Å². The Hall–Kier alpha value is -2.00. The van der Waals surface area contributed by atoms with Crippen LogP contribution in [0.3, 0.4) is 0 Å². The number of carbonyl (C=O) groups excluding carboxylic acids is 2. The van der Waals surface area contributed by atoms with Gasteiger partial charge in [-0.1, -0.05) is 19.3 Å². The van der Waals surface area contributed by atoms with Crippen LogP contribution in [0.2, 0.25) is 0 Å². The van der Waals surface area contributed by atoms with Crippen LogP contribution in [0.5, 0.6) is 0 Å². The Labute approximate surface area is 153 Å². The number of amides is 1. The van der Waals surface area contributed by atoms with E-state index in [0.717, 1.165) is 24.2 Å². The lowest BCUT2D eigenvalue weighted by Gasteiger charge is -2.39. The van der Waals surface area contributed by atoms with Gasteiger partial charge in [-0.3, -0.25) is 4.79 Å². The zero-order valence-corrected chi connectivity index (χ0v) is 15.8. The third-order valence-corrected chi connectivity index (χ3v) is 5.56. The number of rotatable bonds is 5. The summed E-state index contributed by atoms with van der Waals surface area (Å²) in [5.41, 5.74) is -0.372. The SMILES string of the molecule is CSc1ccc(C(=O)O[C@H](C)C(=O)N(C)C2(C#N)CCCCC2)cc1. The lowest BCUT2D eigenvalue weighted by atomic mass is 9.81. The molecule has 6 heteroatoms. The van der Waals surface area contributed by atoms with E-state index in [-0.39, 0.29) is 5.91 Å². The average Bonchev–Trinajstić information content (AvgIpc) is 2.67. The van der Waals surface area contributed by atoms with E-state index in [4.69, 9.17) is 4.74 Å². The first-order valence-corrected chi connectivity index (χ1v) is 9.70. The molecule has 0 bridgehead atoms. The van der Waals surface area contributed by atoms with Crippen LogP contribution in [-0.4, -0.2) is 41.7 Å². The van der Waals surface area contributed by atoms with E-state index >= 15 is 0 Å². The number of nitrogens with zero attached hydrogens (tertiary/aromatic N) is 2. The molecule has 134 valence electrons. The Morgan fingerprint density at radius 3 is 2.36 bits per heavy atom. The molecule has 0 heterocycles. The third-order valence-electron chi connectivity index (χ3n) is 4.82. The lowest BCUT2D eigenvalue weighted by molar-refractivity contribution is -0.143. The third kappa shape index (κ3) is 4.35. The van der Waals surface area contributed by atoms with E-state index < -0.39 is 17.6 Å². The second-order valence-electron chi connectivity index (χ2n) is 6.38. The molecule has 1 aliphatic carbocycles. The van der Waals surface area contributed by atoms with Gasteiger partial charge in [0.1, 0.15) is 5.54 Å². The molecule has 0 aliphatic heterocycles. The number of hydrogen-bond acceptors (Lipinski definition) is 5. The molecule has 2 rings (SSSR count). The Balaban J connectivity index is 2.03. The van der Waals surface area contributed by atoms with Crippen molar-refractivity contribution >= 4 is 23.6 Å². The lowest BCUT2D eigenvalue weighted by Crippen LogP contribution is -2.53. The minimum absolute atomic E-state index is 0.336. The molecule has 1 amide bonds. The number of likely N-dealkylation sites (N-methyl/N-ethyl adjacent to an activating group) is 1. The summed E-state index contributed by atoms with van der Waals surface area (Å²) in [6, 6.07) is 9.37. The molecule has 1 aromatic carbocycles. The summed E-state index contributed by atoms with van der Waals surface area (Å²) in [6.07, 6.45) is 5.32. The van der Waals surface area contributed by atoms with Crippen LogP contribution in [0.15, 0.2) is 29.2 Å². The van der Waals surface area contributed by atoms with Crippen LogP contribution in [-0.2, 0) is 9.53 Å². The van der Waals surface area contributed by atoms with Crippen molar-refractivity contribution < 1.29 is 14.3 Å². The van der Waals surface area contributed by atoms with E-state index in [1.807, 2.05) is 18.4 Å². The number of esters is 1. The van der Waals surface area contributed by atoms with E-state index in [9.17, 15) is 14.9 Å². The number of carbonyl (C=O) groups is 2. The van der Waals surface area contributed by atoms with E-state index in [1.165, 1.54) is 4.90 Å². The maximum Gasteiger partial charge on any atom is 0.338 e. The summed E-state index contributed by atoms with van der Waals surface area (Å²) in [5.74, 6) is -0.867. The van der Waals surface area contributed by atoms with Crippen molar-refractivity contribution in [3.8, 4) is 6.07 Å². The molecule has 1 fully saturated rings. The molecule has 0 aromatic heterocycles. The van der Waals surface area contributed by atoms with E-state index in [2.05, 4.69) is 6.07 Å². The highest BCUT2D eigenvalue weighted by molar-refractivity contribution is 7.98. The molecule has 0 unspecified atom stereocenters. The molecule has 0 N–H and O–H groups in total. The van der Waals surface area contributed by atoms with Gasteiger partial charge in [-0.05, 0) is 50.3 Å². The molecule has 25 heavy (non-hydrogen) atoms. The van der Waals surface area contributed by atoms with Crippen molar-refractivity contribution in [2.24, 2.45) is 0 Å². The first-order valence-electron chi connectivity index (χ1n) is 8.47. The van der Waals surface area contributed by atoms with Gasteiger partial charge in [0.05, 0.1) is 11.6 Å². The minimum atomic E-state index is -0.926. The van der Waals surface area contributed by atoms with Gasteiger partial charge in [-0.2, -0.15) is 5.26 Å². The van der Waals surface area contributed by atoms with Gasteiger partial charge < -0.3 is 9.64 Å². The number of benzene rings is 1. The topological polar surface area (TPSA) is 70.4 Å². The molecule has 5 nitrogen and oxygen atoms in total. The minimum Gasteiger partial charge on any atom is -0.449 e. The van der Waals surface area contributed by atoms with Crippen LogP contribution < -0.4 is 0 Å². The molecule has 0 radical (unpaired) electrons. The molecule has 1 aliphatic rings. The Morgan fingerprint density at radius 2 is 1.84 bits per heavy atom. The quantitative estimate of drug-likeness (QED) is 0.592. The number of nitriles is 1. The predicted octanol–water partition coefficient (Wildman–Crippen LogP) is 3.64. The number of hydrogen-bond donors (Lipinski definition) is 0. The molecule has 0 spiro atoms. The zero-order chi connectivity index (χ0) is 18.4. The maximum absolute atomic E-state index is 12.7. The fourth-order valence-corrected chi connectivity index (χ4v) is 3.56. The standard InChI is InChI=1S/C19H24N2O3S/c1-14(24-18(23)15-7-9-16(25-3)10-8-15)17(22)21(2)19(13-20)11-5-4-6-12-19/h7-10,14H,4-6,11-12H2,1-3H3/t14-/m1/s1. The Kier molecular flexibility index (Phi) is 6.49. The van der Waals surface area contributed by atoms with Gasteiger partial charge in [0.15, 0.2) is 6.10 Å². The van der Waals surface area contributed by atoms with Crippen LogP contribution in [0, 0.1) is 11.3 Å². The summed E-state index contributed by atoms with van der Waals surface area (Å²) < 4.78 is 5.33. The van der Waals surface area contributed by atoms with Gasteiger partial charge in [0.2, 0.25) is 0 Å². The largest absolute Gasteiger partial charge is 0.449 e. The molecule has 1 saturated carbocycles. The predicted molar refractivity (Wildman–Crippen MR) is 97.3 cm³/mol. The Bertz CT molecular complexity index is 660. The van der Waals surface area contributed by atoms with Gasteiger partial charge in [0.25, 0.3) is 5.91 Å². The summed E-state index contributed by atoms with van der Waals surface area (Å²) in [4.78, 5) is 27.4. The fourth-order valence-electron chi connectivity index (χ4n) is 3.15. The molecular weight excluding hydrogens is 336 g/mol. The average molecular weight is 360 g/mol. The summed E-state index contributed by atoms with van der Waals surface area (Å²) in [6.45, 7) is 1.56. The van der Waals surface area contributed by atoms with E-state index in [1.54, 1.807) is 37.9 Å². The summed E-state index contributed by atoms with van der Waals surface area (Å²) in [5, 5.41) is 9.60. The van der Waals surface area contributed by atoms with Crippen molar-refractivity contribution in [3.05, 3.63) is 29.8 Å². The smallest absolute Gasteiger partial charge is 0.338 e. The number of ether oxygens (including phenoxy) is 1. The Morgan fingerprint density at radius 1 is 1.24 bits per heavy atom. The highest BCUT2D eigenvalue weighted by Gasteiger charge is 2.40. The fraction of sp³-hybridized carbons (Fsp3) is 0.526. The molecule has 1 aromatic rings. The summed E-state index contributed by atoms with van der Waals surface area (Å²) in [7, 11) is 1.63. The first-order chi connectivity index (χ1) is 11.9. The summed E-state index contributed by atoms with van der Waals surface area (Å²) >= 11 is 1.59. The van der Waals surface area contributed by atoms with Gasteiger partial charge >= 0.3 is 5.97 Å². The molecule has 1 atom stereocenters. The molecular formula is C19H24N2O3S. The highest BCUT2D eigenvalue weighted by Crippen LogP contribution is 2.33. The highest BCUT2D eigenvalue weighted by atomic mass is 32.2. The normalized spacial score (nSPS) is 17.2. The van der Waals surface area contributed by atoms with Gasteiger partial charge in [0, 0.05) is 11.9 Å². The van der Waals surface area contributed by atoms with Crippen molar-refractivity contribution in [1.29, 1.82) is 5.26 Å². The van der Waals surface area contributed by atoms with Crippen molar-refractivity contribution in [2.75, 3.05) is 13.3 Å². The first kappa shape index (κ1) is 19.3. The number of thioether (sulfide) groups is 1. The van der Waals surface area contributed by atoms with Crippen LogP contribution in [0.4, 0.5) is 0 Å². The zero-order valence-electron chi connectivity index (χ0n) is 14.9. The van der Waals surface area contributed by atoms with Gasteiger partial charge in [-0.15, -0.1) is 11.8 Å². The second kappa shape index (κ2) is 8.39.